The maximum Gasteiger partial charge on any atom is 0.149 e. The van der Waals surface area contributed by atoms with Gasteiger partial charge in [0.25, 0.3) is 0 Å². The zero-order valence-electron chi connectivity index (χ0n) is 62.9. The van der Waals surface area contributed by atoms with Crippen molar-refractivity contribution < 1.29 is 27.0 Å². The van der Waals surface area contributed by atoms with Gasteiger partial charge in [0, 0.05) is 39.3 Å². The van der Waals surface area contributed by atoms with E-state index in [0.29, 0.717) is 56.1 Å². The number of aryl methyl sites for hydroxylation is 1. The van der Waals surface area contributed by atoms with E-state index in [1.807, 2.05) is 113 Å². The predicted octanol–water partition coefficient (Wildman–Crippen LogP) is 20.1. The van der Waals surface area contributed by atoms with Gasteiger partial charge in [-0.05, 0) is 175 Å². The number of nitrogens with zero attached hydrogens (tertiary/aromatic N) is 3. The molecule has 0 radical (unpaired) electrons. The van der Waals surface area contributed by atoms with Gasteiger partial charge in [-0.3, -0.25) is 9.55 Å². The van der Waals surface area contributed by atoms with E-state index < -0.39 is 78.8 Å². The molecule has 0 spiro atoms. The Hall–Kier alpha value is -6.26. The van der Waals surface area contributed by atoms with Crippen molar-refractivity contribution in [2.75, 3.05) is 0 Å². The van der Waals surface area contributed by atoms with E-state index in [-0.39, 0.29) is 33.3 Å². The molecule has 0 aliphatic rings. The van der Waals surface area contributed by atoms with Gasteiger partial charge < -0.3 is 5.11 Å². The fourth-order valence-electron chi connectivity index (χ4n) is 10.3. The third-order valence-corrected chi connectivity index (χ3v) is 16.2. The number of phenols is 1. The van der Waals surface area contributed by atoms with Crippen molar-refractivity contribution in [3.63, 3.8) is 0 Å². The molecule has 2 aromatic heterocycles. The summed E-state index contributed by atoms with van der Waals surface area (Å²) < 4.78 is 142. The molecule has 392 valence electrons. The van der Waals surface area contributed by atoms with Crippen LogP contribution in [0.3, 0.4) is 0 Å². The third kappa shape index (κ3) is 10.5. The smallest absolute Gasteiger partial charge is 0.149 e. The summed E-state index contributed by atoms with van der Waals surface area (Å²) >= 11 is 0. The molecule has 4 heteroatoms. The first-order valence-corrected chi connectivity index (χ1v) is 26.6. The Balaban J connectivity index is 1.46. The van der Waals surface area contributed by atoms with Crippen molar-refractivity contribution in [3.05, 3.63) is 166 Å². The number of aromatic hydroxyl groups is 1. The first-order valence-electron chi connectivity index (χ1n) is 34.6. The Bertz CT molecular complexity index is 4000. The average molecular weight is 1010 g/mol. The summed E-state index contributed by atoms with van der Waals surface area (Å²) in [6.07, 6.45) is 4.88. The Labute approximate surface area is 474 Å². The molecule has 8 aromatic rings. The van der Waals surface area contributed by atoms with Gasteiger partial charge in [-0.1, -0.05) is 197 Å². The Morgan fingerprint density at radius 3 is 1.69 bits per heavy atom. The number of aromatic nitrogens is 3. The zero-order valence-corrected chi connectivity index (χ0v) is 46.9. The molecule has 6 aromatic carbocycles. The van der Waals surface area contributed by atoms with Crippen LogP contribution in [0.5, 0.6) is 5.75 Å². The second-order valence-corrected chi connectivity index (χ2v) is 24.3. The van der Waals surface area contributed by atoms with Crippen LogP contribution in [0.2, 0.25) is 0 Å². The third-order valence-electron chi connectivity index (χ3n) is 16.2. The van der Waals surface area contributed by atoms with Gasteiger partial charge in [0.2, 0.25) is 0 Å². The van der Waals surface area contributed by atoms with E-state index in [0.717, 1.165) is 59.1 Å². The van der Waals surface area contributed by atoms with Gasteiger partial charge in [-0.25, -0.2) is 4.98 Å². The minimum absolute atomic E-state index is 0.00609. The molecule has 1 N–H and O–H groups in total. The summed E-state index contributed by atoms with van der Waals surface area (Å²) in [5.41, 5.74) is 3.48. The Morgan fingerprint density at radius 2 is 1.12 bits per heavy atom. The number of fused-ring (bicyclic) bond motifs is 1. The summed E-state index contributed by atoms with van der Waals surface area (Å²) in [4.78, 5) is 10.3. The van der Waals surface area contributed by atoms with Crippen molar-refractivity contribution >= 4 is 11.0 Å². The molecular formula is C71H87N3O. The number of benzene rings is 6. The van der Waals surface area contributed by atoms with Gasteiger partial charge in [0.1, 0.15) is 11.6 Å². The van der Waals surface area contributed by atoms with Crippen LogP contribution in [-0.4, -0.2) is 19.6 Å². The van der Waals surface area contributed by atoms with Crippen LogP contribution < -0.4 is 0 Å². The van der Waals surface area contributed by atoms with Crippen LogP contribution in [0, 0.1) is 6.85 Å². The fourth-order valence-corrected chi connectivity index (χ4v) is 10.3. The minimum atomic E-state index is -3.84. The number of phenolic OH excluding ortho intramolecular Hbond substituents is 1. The number of para-hydroxylation sites is 1. The number of rotatable bonds is 12. The van der Waals surface area contributed by atoms with Crippen LogP contribution in [0.1, 0.15) is 211 Å². The van der Waals surface area contributed by atoms with Crippen molar-refractivity contribution in [1.29, 1.82) is 0 Å². The van der Waals surface area contributed by atoms with Gasteiger partial charge in [-0.15, -0.1) is 0 Å². The molecule has 2 heterocycles. The normalized spacial score (nSPS) is 16.8. The van der Waals surface area contributed by atoms with E-state index in [1.165, 1.54) is 12.3 Å². The molecule has 0 bridgehead atoms. The maximum atomic E-state index is 12.8. The Kier molecular flexibility index (Phi) is 10.0. The number of pyridine rings is 1. The lowest BCUT2D eigenvalue weighted by Gasteiger charge is -2.36. The van der Waals surface area contributed by atoms with Gasteiger partial charge in [-0.2, -0.15) is 0 Å². The zero-order chi connectivity index (χ0) is 68.3. The molecule has 8 rings (SSSR count). The SMILES string of the molecule is [2H]c1c([2H])c(C(C([2H])([2H])[2H])(C([2H])([2H])[2H])C([2H])([2H])[2H])c([2H])c([2H])c1-c1ccnc(-c2cc(-c3cccc4c3nc(-c3cc(C(C)(C)C)cc(C(C)(C)C)c3O)n4-c3ccc(-c4c(C(C)(CC)CC)cccc4C(C)(CC)CC)cc3C([2H])([2H])[2H])cc(C(C)(C)C)c2)c1. The van der Waals surface area contributed by atoms with E-state index >= 15 is 0 Å². The lowest BCUT2D eigenvalue weighted by atomic mass is 9.68. The lowest BCUT2D eigenvalue weighted by molar-refractivity contribution is 0.426. The van der Waals surface area contributed by atoms with Crippen LogP contribution >= 0.6 is 0 Å². The van der Waals surface area contributed by atoms with E-state index in [1.54, 1.807) is 6.07 Å². The highest BCUT2D eigenvalue weighted by atomic mass is 16.3. The van der Waals surface area contributed by atoms with Crippen LogP contribution in [-0.2, 0) is 32.5 Å². The largest absolute Gasteiger partial charge is 0.507 e. The molecule has 0 atom stereocenters. The molecule has 4 nitrogen and oxygen atoms in total. The molecule has 0 amide bonds. The summed E-state index contributed by atoms with van der Waals surface area (Å²) in [6, 6.07) is 26.9. The average Bonchev–Trinajstić information content (AvgIpc) is 0.776. The monoisotopic (exact) mass is 1010 g/mol. The fraction of sp³-hybridized carbons (Fsp3) is 0.408. The number of hydrogen-bond donors (Lipinski definition) is 1. The second-order valence-electron chi connectivity index (χ2n) is 24.3. The highest BCUT2D eigenvalue weighted by Gasteiger charge is 2.34. The van der Waals surface area contributed by atoms with Crippen LogP contribution in [0.25, 0.3) is 72.7 Å². The Morgan fingerprint density at radius 1 is 0.520 bits per heavy atom. The maximum absolute atomic E-state index is 12.8. The van der Waals surface area contributed by atoms with Crippen molar-refractivity contribution in [2.24, 2.45) is 0 Å². The quantitative estimate of drug-likeness (QED) is 0.133. The molecular weight excluding hydrogens is 911 g/mol. The van der Waals surface area contributed by atoms with E-state index in [4.69, 9.17) is 25.0 Å². The van der Waals surface area contributed by atoms with E-state index in [9.17, 15) is 12.0 Å². The molecule has 0 unspecified atom stereocenters. The molecule has 0 saturated heterocycles. The summed E-state index contributed by atoms with van der Waals surface area (Å²) in [5, 5.41) is 12.8. The second kappa shape index (κ2) is 20.0. The molecule has 0 aliphatic carbocycles. The van der Waals surface area contributed by atoms with Crippen LogP contribution in [0.4, 0.5) is 0 Å². The predicted molar refractivity (Wildman–Crippen MR) is 323 cm³/mol. The minimum Gasteiger partial charge on any atom is -0.507 e. The van der Waals surface area contributed by atoms with Gasteiger partial charge in [0.15, 0.2) is 0 Å². The van der Waals surface area contributed by atoms with Gasteiger partial charge >= 0.3 is 0 Å². The van der Waals surface area contributed by atoms with E-state index in [2.05, 4.69) is 80.5 Å². The number of imidazole rings is 1. The van der Waals surface area contributed by atoms with Crippen LogP contribution in [0.15, 0.2) is 127 Å². The van der Waals surface area contributed by atoms with Crippen molar-refractivity contribution in [1.82, 2.24) is 14.5 Å². The van der Waals surface area contributed by atoms with Crippen molar-refractivity contribution in [3.8, 4) is 67.5 Å². The first kappa shape index (κ1) is 37.5. The molecule has 0 fully saturated rings. The standard InChI is InChI=1S/C71H87N3O/c1-20-70(18,21-2)56-27-25-28-57(71(19,22-3)23-4)62(56)48-32-35-60(45(5)38-48)74-61-29-24-26-54(63(61)73-65(74)55-43-53(68(12,13)14)44-58(64(55)75)69(15,16)17)49-39-50(41-52(40-49)67(9,10)11)59-42-47(36-37-72-59)46-30-33-51(34-31-46)66(6,7)8/h24-44,75H,20-23H2,1-19H3/i5D3,6D3,7D3,8D3,30D,31D,33D,34D. The topological polar surface area (TPSA) is 50.9 Å². The molecule has 0 aliphatic heterocycles. The summed E-state index contributed by atoms with van der Waals surface area (Å²) in [5.74, 6) is 0.318. The summed E-state index contributed by atoms with van der Waals surface area (Å²) in [7, 11) is 0. The molecule has 0 saturated carbocycles. The lowest BCUT2D eigenvalue weighted by Crippen LogP contribution is -2.25. The number of hydrogen-bond acceptors (Lipinski definition) is 3. The van der Waals surface area contributed by atoms with Gasteiger partial charge in [0.05, 0.1) is 33.5 Å². The summed E-state index contributed by atoms with van der Waals surface area (Å²) in [6.45, 7) is 17.7. The first-order chi connectivity index (χ1) is 41.7. The van der Waals surface area contributed by atoms with Crippen molar-refractivity contribution in [2.45, 2.75) is 189 Å². The molecule has 75 heavy (non-hydrogen) atoms. The highest BCUT2D eigenvalue weighted by molar-refractivity contribution is 5.97. The highest BCUT2D eigenvalue weighted by Crippen LogP contribution is 2.48.